The molecule has 2 atom stereocenters. The van der Waals surface area contributed by atoms with Crippen molar-refractivity contribution in [3.63, 3.8) is 0 Å². The lowest BCUT2D eigenvalue weighted by Gasteiger charge is -2.43. The molecular formula is C14H16FNO. The van der Waals surface area contributed by atoms with Crippen LogP contribution in [0.5, 0.6) is 0 Å². The van der Waals surface area contributed by atoms with Crippen LogP contribution in [0.15, 0.2) is 18.2 Å². The second-order valence-corrected chi connectivity index (χ2v) is 5.10. The highest BCUT2D eigenvalue weighted by Crippen LogP contribution is 2.40. The van der Waals surface area contributed by atoms with Crippen molar-refractivity contribution in [2.24, 2.45) is 0 Å². The van der Waals surface area contributed by atoms with Crippen LogP contribution < -0.4 is 0 Å². The quantitative estimate of drug-likeness (QED) is 0.674. The summed E-state index contributed by atoms with van der Waals surface area (Å²) in [5, 5.41) is 0. The van der Waals surface area contributed by atoms with Crippen LogP contribution in [0.25, 0.3) is 0 Å². The highest BCUT2D eigenvalue weighted by Gasteiger charge is 2.37. The summed E-state index contributed by atoms with van der Waals surface area (Å²) in [5.41, 5.74) is 2.39. The number of nitrogens with zero attached hydrogens (tertiary/aromatic N) is 1. The highest BCUT2D eigenvalue weighted by molar-refractivity contribution is 5.77. The minimum atomic E-state index is -0.151. The first-order valence-corrected chi connectivity index (χ1v) is 6.21. The van der Waals surface area contributed by atoms with E-state index in [1.807, 2.05) is 18.0 Å². The minimum absolute atomic E-state index is 0.151. The molecule has 1 heterocycles. The molecule has 0 N–H and O–H groups in total. The first-order valence-electron chi connectivity index (χ1n) is 6.21. The Hall–Kier alpha value is -1.38. The van der Waals surface area contributed by atoms with Gasteiger partial charge < -0.3 is 4.90 Å². The molecule has 3 heteroatoms. The normalized spacial score (nSPS) is 27.6. The fourth-order valence-corrected chi connectivity index (χ4v) is 3.32. The first-order chi connectivity index (χ1) is 8.16. The number of benzene rings is 1. The molecule has 0 bridgehead atoms. The standard InChI is InChI=1S/C14H16FNO/c1-16-13-6-2-9-8-10(15)3-4-11(9)12(13)5-7-14(16)17/h3-4,8,12-13H,2,5-7H2,1H3/t12-,13-/m0/s1. The largest absolute Gasteiger partial charge is 0.342 e. The van der Waals surface area contributed by atoms with Gasteiger partial charge in [0.25, 0.3) is 0 Å². The highest BCUT2D eigenvalue weighted by atomic mass is 19.1. The molecule has 0 unspecified atom stereocenters. The zero-order chi connectivity index (χ0) is 12.0. The summed E-state index contributed by atoms with van der Waals surface area (Å²) in [6.45, 7) is 0. The number of carbonyl (C=O) groups is 1. The fourth-order valence-electron chi connectivity index (χ4n) is 3.32. The molecule has 0 spiro atoms. The Morgan fingerprint density at radius 3 is 2.94 bits per heavy atom. The predicted octanol–water partition coefficient (Wildman–Crippen LogP) is 2.48. The maximum atomic E-state index is 13.2. The van der Waals surface area contributed by atoms with Gasteiger partial charge in [0.05, 0.1) is 0 Å². The number of hydrogen-bond acceptors (Lipinski definition) is 1. The SMILES string of the molecule is CN1C(=O)CC[C@H]2c3ccc(F)cc3CC[C@@H]21. The Bertz CT molecular complexity index is 471. The topological polar surface area (TPSA) is 20.3 Å². The molecule has 3 rings (SSSR count). The van der Waals surface area contributed by atoms with E-state index < -0.39 is 0 Å². The molecule has 1 amide bonds. The summed E-state index contributed by atoms with van der Waals surface area (Å²) in [6, 6.07) is 5.42. The summed E-state index contributed by atoms with van der Waals surface area (Å²) in [4.78, 5) is 13.6. The van der Waals surface area contributed by atoms with Crippen LogP contribution in [-0.2, 0) is 11.2 Å². The monoisotopic (exact) mass is 233 g/mol. The van der Waals surface area contributed by atoms with Crippen molar-refractivity contribution < 1.29 is 9.18 Å². The number of likely N-dealkylation sites (tertiary alicyclic amines) is 1. The molecule has 1 aliphatic carbocycles. The van der Waals surface area contributed by atoms with Crippen LogP contribution in [0.3, 0.4) is 0 Å². The minimum Gasteiger partial charge on any atom is -0.342 e. The Balaban J connectivity index is 1.99. The molecule has 1 saturated heterocycles. The molecule has 17 heavy (non-hydrogen) atoms. The lowest BCUT2D eigenvalue weighted by Crippen LogP contribution is -2.47. The average molecular weight is 233 g/mol. The van der Waals surface area contributed by atoms with Gasteiger partial charge in [-0.25, -0.2) is 4.39 Å². The Labute approximate surface area is 100 Å². The third-order valence-corrected chi connectivity index (χ3v) is 4.24. The van der Waals surface area contributed by atoms with Gasteiger partial charge in [0, 0.05) is 25.4 Å². The summed E-state index contributed by atoms with van der Waals surface area (Å²) in [6.07, 6.45) is 3.37. The van der Waals surface area contributed by atoms with Crippen LogP contribution in [0.4, 0.5) is 4.39 Å². The Morgan fingerprint density at radius 1 is 1.29 bits per heavy atom. The third kappa shape index (κ3) is 1.65. The van der Waals surface area contributed by atoms with Crippen molar-refractivity contribution in [2.45, 2.75) is 37.6 Å². The van der Waals surface area contributed by atoms with Crippen molar-refractivity contribution in [3.8, 4) is 0 Å². The van der Waals surface area contributed by atoms with E-state index in [4.69, 9.17) is 0 Å². The Kier molecular flexibility index (Phi) is 2.42. The number of hydrogen-bond donors (Lipinski definition) is 0. The molecular weight excluding hydrogens is 217 g/mol. The fraction of sp³-hybridized carbons (Fsp3) is 0.500. The van der Waals surface area contributed by atoms with Crippen molar-refractivity contribution in [3.05, 3.63) is 35.1 Å². The smallest absolute Gasteiger partial charge is 0.222 e. The second-order valence-electron chi connectivity index (χ2n) is 5.10. The van der Waals surface area contributed by atoms with Crippen molar-refractivity contribution in [1.29, 1.82) is 0 Å². The van der Waals surface area contributed by atoms with Gasteiger partial charge in [0.15, 0.2) is 0 Å². The molecule has 0 saturated carbocycles. The van der Waals surface area contributed by atoms with Gasteiger partial charge in [-0.2, -0.15) is 0 Å². The number of carbonyl (C=O) groups excluding carboxylic acids is 1. The molecule has 0 radical (unpaired) electrons. The van der Waals surface area contributed by atoms with E-state index in [-0.39, 0.29) is 11.7 Å². The number of fused-ring (bicyclic) bond motifs is 3. The molecule has 1 aliphatic heterocycles. The number of aryl methyl sites for hydroxylation is 1. The number of rotatable bonds is 0. The van der Waals surface area contributed by atoms with Gasteiger partial charge in [-0.3, -0.25) is 4.79 Å². The Morgan fingerprint density at radius 2 is 2.12 bits per heavy atom. The van der Waals surface area contributed by atoms with E-state index in [0.29, 0.717) is 18.4 Å². The number of likely N-dealkylation sites (N-methyl/N-ethyl adjacent to an activating group) is 1. The summed E-state index contributed by atoms with van der Waals surface area (Å²) >= 11 is 0. The van der Waals surface area contributed by atoms with Gasteiger partial charge in [0.2, 0.25) is 5.91 Å². The molecule has 90 valence electrons. The van der Waals surface area contributed by atoms with Gasteiger partial charge in [0.1, 0.15) is 5.82 Å². The predicted molar refractivity (Wildman–Crippen MR) is 63.3 cm³/mol. The van der Waals surface area contributed by atoms with E-state index in [9.17, 15) is 9.18 Å². The van der Waals surface area contributed by atoms with E-state index in [0.717, 1.165) is 24.8 Å². The van der Waals surface area contributed by atoms with Gasteiger partial charge in [-0.15, -0.1) is 0 Å². The van der Waals surface area contributed by atoms with Crippen molar-refractivity contribution in [1.82, 2.24) is 4.90 Å². The summed E-state index contributed by atoms with van der Waals surface area (Å²) in [5.74, 6) is 0.501. The van der Waals surface area contributed by atoms with Gasteiger partial charge >= 0.3 is 0 Å². The van der Waals surface area contributed by atoms with Crippen LogP contribution >= 0.6 is 0 Å². The van der Waals surface area contributed by atoms with E-state index in [1.165, 1.54) is 11.6 Å². The number of amides is 1. The summed E-state index contributed by atoms with van der Waals surface area (Å²) in [7, 11) is 1.90. The zero-order valence-corrected chi connectivity index (χ0v) is 9.95. The maximum Gasteiger partial charge on any atom is 0.222 e. The lowest BCUT2D eigenvalue weighted by molar-refractivity contribution is -0.135. The first kappa shape index (κ1) is 10.8. The number of piperidine rings is 1. The van der Waals surface area contributed by atoms with Crippen LogP contribution in [-0.4, -0.2) is 23.9 Å². The average Bonchev–Trinajstić information content (AvgIpc) is 2.33. The molecule has 0 aromatic heterocycles. The maximum absolute atomic E-state index is 13.2. The third-order valence-electron chi connectivity index (χ3n) is 4.24. The van der Waals surface area contributed by atoms with Crippen LogP contribution in [0.1, 0.15) is 36.3 Å². The van der Waals surface area contributed by atoms with E-state index in [1.54, 1.807) is 6.07 Å². The molecule has 1 fully saturated rings. The molecule has 2 nitrogen and oxygen atoms in total. The van der Waals surface area contributed by atoms with Crippen LogP contribution in [0.2, 0.25) is 0 Å². The van der Waals surface area contributed by atoms with E-state index in [2.05, 4.69) is 0 Å². The zero-order valence-electron chi connectivity index (χ0n) is 9.95. The van der Waals surface area contributed by atoms with Gasteiger partial charge in [-0.05, 0) is 42.5 Å². The van der Waals surface area contributed by atoms with Crippen molar-refractivity contribution >= 4 is 5.91 Å². The second kappa shape index (κ2) is 3.83. The molecule has 1 aromatic rings. The molecule has 2 aliphatic rings. The number of halogens is 1. The molecule has 1 aromatic carbocycles. The van der Waals surface area contributed by atoms with Crippen molar-refractivity contribution in [2.75, 3.05) is 7.05 Å². The van der Waals surface area contributed by atoms with E-state index >= 15 is 0 Å². The summed E-state index contributed by atoms with van der Waals surface area (Å²) < 4.78 is 13.2. The van der Waals surface area contributed by atoms with Crippen LogP contribution in [0, 0.1) is 5.82 Å². The lowest BCUT2D eigenvalue weighted by atomic mass is 9.74. The van der Waals surface area contributed by atoms with Gasteiger partial charge in [-0.1, -0.05) is 6.07 Å².